The van der Waals surface area contributed by atoms with Crippen LogP contribution in [-0.2, 0) is 4.84 Å². The van der Waals surface area contributed by atoms with Crippen molar-refractivity contribution < 1.29 is 14.7 Å². The van der Waals surface area contributed by atoms with Crippen molar-refractivity contribution >= 4 is 11.6 Å². The van der Waals surface area contributed by atoms with Gasteiger partial charge in [-0.25, -0.2) is 10.0 Å². The molecule has 1 unspecified atom stereocenters. The van der Waals surface area contributed by atoms with Crippen LogP contribution < -0.4 is 0 Å². The lowest BCUT2D eigenvalue weighted by atomic mass is 10.4. The van der Waals surface area contributed by atoms with E-state index in [0.29, 0.717) is 11.3 Å². The summed E-state index contributed by atoms with van der Waals surface area (Å²) in [5.41, 5.74) is 1.01. The van der Waals surface area contributed by atoms with Crippen molar-refractivity contribution in [1.29, 1.82) is 0 Å². The Morgan fingerprint density at radius 2 is 2.41 bits per heavy atom. The molecule has 0 aliphatic carbocycles. The van der Waals surface area contributed by atoms with Gasteiger partial charge in [-0.15, -0.1) is 0 Å². The minimum atomic E-state index is -0.615. The number of aliphatic hydroxyl groups is 1. The number of fused-ring (bicyclic) bond motifs is 1. The molecule has 1 fully saturated rings. The SMILES string of the molecule is O=C(c1cn2ccccc2n1)N1CC(O)CO1. The highest BCUT2D eigenvalue weighted by molar-refractivity contribution is 5.92. The number of imidazole rings is 1. The van der Waals surface area contributed by atoms with Gasteiger partial charge in [0.25, 0.3) is 5.91 Å². The van der Waals surface area contributed by atoms with Gasteiger partial charge in [-0.2, -0.15) is 0 Å². The maximum absolute atomic E-state index is 12.0. The molecular weight excluding hydrogens is 222 g/mol. The molecule has 0 saturated carbocycles. The van der Waals surface area contributed by atoms with Crippen LogP contribution in [0, 0.1) is 0 Å². The zero-order valence-electron chi connectivity index (χ0n) is 8.98. The number of hydrogen-bond donors (Lipinski definition) is 1. The van der Waals surface area contributed by atoms with Crippen molar-refractivity contribution in [3.05, 3.63) is 36.3 Å². The largest absolute Gasteiger partial charge is 0.389 e. The van der Waals surface area contributed by atoms with Gasteiger partial charge in [0.15, 0.2) is 0 Å². The fraction of sp³-hybridized carbons (Fsp3) is 0.273. The number of carbonyl (C=O) groups excluding carboxylic acids is 1. The summed E-state index contributed by atoms with van der Waals surface area (Å²) in [6.07, 6.45) is 2.85. The summed E-state index contributed by atoms with van der Waals surface area (Å²) < 4.78 is 1.76. The lowest BCUT2D eigenvalue weighted by Gasteiger charge is -2.11. The van der Waals surface area contributed by atoms with Gasteiger partial charge in [0, 0.05) is 12.4 Å². The van der Waals surface area contributed by atoms with E-state index in [1.165, 1.54) is 0 Å². The van der Waals surface area contributed by atoms with Gasteiger partial charge >= 0.3 is 0 Å². The second kappa shape index (κ2) is 3.83. The van der Waals surface area contributed by atoms with E-state index < -0.39 is 6.10 Å². The van der Waals surface area contributed by atoms with Gasteiger partial charge in [0.1, 0.15) is 24.1 Å². The monoisotopic (exact) mass is 233 g/mol. The molecule has 3 rings (SSSR count). The van der Waals surface area contributed by atoms with Crippen LogP contribution in [0.1, 0.15) is 10.5 Å². The van der Waals surface area contributed by atoms with Crippen LogP contribution in [0.3, 0.4) is 0 Å². The molecule has 1 atom stereocenters. The van der Waals surface area contributed by atoms with Crippen LogP contribution >= 0.6 is 0 Å². The predicted molar refractivity (Wildman–Crippen MR) is 58.2 cm³/mol. The van der Waals surface area contributed by atoms with E-state index in [9.17, 15) is 9.90 Å². The quantitative estimate of drug-likeness (QED) is 0.757. The van der Waals surface area contributed by atoms with Crippen molar-refractivity contribution in [3.63, 3.8) is 0 Å². The number of aliphatic hydroxyl groups excluding tert-OH is 1. The molecule has 2 aromatic rings. The molecule has 0 spiro atoms. The molecule has 0 radical (unpaired) electrons. The Balaban J connectivity index is 1.90. The molecule has 3 heterocycles. The summed E-state index contributed by atoms with van der Waals surface area (Å²) in [6.45, 7) is 0.339. The van der Waals surface area contributed by atoms with Crippen molar-refractivity contribution in [1.82, 2.24) is 14.4 Å². The number of nitrogens with zero attached hydrogens (tertiary/aromatic N) is 3. The number of carbonyl (C=O) groups is 1. The van der Waals surface area contributed by atoms with Gasteiger partial charge < -0.3 is 9.51 Å². The Hall–Kier alpha value is -1.92. The summed E-state index contributed by atoms with van der Waals surface area (Å²) in [5.74, 6) is -0.328. The summed E-state index contributed by atoms with van der Waals surface area (Å²) in [4.78, 5) is 21.2. The van der Waals surface area contributed by atoms with E-state index >= 15 is 0 Å². The third kappa shape index (κ3) is 1.77. The Labute approximate surface area is 97.0 Å². The Morgan fingerprint density at radius 1 is 1.53 bits per heavy atom. The van der Waals surface area contributed by atoms with Crippen molar-refractivity contribution in [2.45, 2.75) is 6.10 Å². The molecular formula is C11H11N3O3. The van der Waals surface area contributed by atoms with Crippen molar-refractivity contribution in [3.8, 4) is 0 Å². The molecule has 1 amide bonds. The molecule has 17 heavy (non-hydrogen) atoms. The average Bonchev–Trinajstić information content (AvgIpc) is 2.93. The first-order chi connectivity index (χ1) is 8.24. The normalized spacial score (nSPS) is 20.1. The second-order valence-electron chi connectivity index (χ2n) is 3.91. The van der Waals surface area contributed by atoms with Gasteiger partial charge in [-0.3, -0.25) is 9.63 Å². The van der Waals surface area contributed by atoms with E-state index in [-0.39, 0.29) is 19.1 Å². The number of amides is 1. The van der Waals surface area contributed by atoms with E-state index in [1.54, 1.807) is 10.6 Å². The first-order valence-electron chi connectivity index (χ1n) is 5.30. The molecule has 6 heteroatoms. The number of hydrogen-bond acceptors (Lipinski definition) is 4. The lowest BCUT2D eigenvalue weighted by molar-refractivity contribution is -0.0782. The molecule has 6 nitrogen and oxygen atoms in total. The number of aromatic nitrogens is 2. The number of rotatable bonds is 1. The van der Waals surface area contributed by atoms with Gasteiger partial charge in [0.05, 0.1) is 6.54 Å². The summed E-state index contributed by atoms with van der Waals surface area (Å²) >= 11 is 0. The Kier molecular flexibility index (Phi) is 2.31. The minimum Gasteiger partial charge on any atom is -0.389 e. The predicted octanol–water partition coefficient (Wildman–Crippen LogP) is 0.0826. The van der Waals surface area contributed by atoms with Crippen LogP contribution in [0.15, 0.2) is 30.6 Å². The van der Waals surface area contributed by atoms with Gasteiger partial charge in [-0.1, -0.05) is 6.07 Å². The van der Waals surface area contributed by atoms with E-state index in [2.05, 4.69) is 4.98 Å². The van der Waals surface area contributed by atoms with Crippen LogP contribution in [0.4, 0.5) is 0 Å². The van der Waals surface area contributed by atoms with E-state index in [1.807, 2.05) is 24.4 Å². The highest BCUT2D eigenvalue weighted by Crippen LogP contribution is 2.12. The lowest BCUT2D eigenvalue weighted by Crippen LogP contribution is -2.28. The van der Waals surface area contributed by atoms with E-state index in [0.717, 1.165) is 5.06 Å². The van der Waals surface area contributed by atoms with Gasteiger partial charge in [0.2, 0.25) is 0 Å². The number of hydroxylamine groups is 2. The molecule has 1 aliphatic heterocycles. The molecule has 2 aromatic heterocycles. The molecule has 1 aliphatic rings. The molecule has 0 bridgehead atoms. The number of pyridine rings is 1. The summed E-state index contributed by atoms with van der Waals surface area (Å²) in [5, 5.41) is 10.4. The Bertz CT molecular complexity index is 533. The Morgan fingerprint density at radius 3 is 3.12 bits per heavy atom. The van der Waals surface area contributed by atoms with Crippen LogP contribution in [0.25, 0.3) is 5.65 Å². The summed E-state index contributed by atoms with van der Waals surface area (Å²) in [6, 6.07) is 5.53. The average molecular weight is 233 g/mol. The van der Waals surface area contributed by atoms with Crippen LogP contribution in [0.5, 0.6) is 0 Å². The maximum atomic E-state index is 12.0. The topological polar surface area (TPSA) is 67.1 Å². The third-order valence-electron chi connectivity index (χ3n) is 2.61. The smallest absolute Gasteiger partial charge is 0.297 e. The van der Waals surface area contributed by atoms with Crippen molar-refractivity contribution in [2.75, 3.05) is 13.2 Å². The molecule has 1 N–H and O–H groups in total. The zero-order valence-corrected chi connectivity index (χ0v) is 8.98. The maximum Gasteiger partial charge on any atom is 0.297 e. The van der Waals surface area contributed by atoms with E-state index in [4.69, 9.17) is 4.84 Å². The van der Waals surface area contributed by atoms with Crippen molar-refractivity contribution in [2.24, 2.45) is 0 Å². The zero-order chi connectivity index (χ0) is 11.8. The highest BCUT2D eigenvalue weighted by Gasteiger charge is 2.28. The first-order valence-corrected chi connectivity index (χ1v) is 5.30. The minimum absolute atomic E-state index is 0.152. The first kappa shape index (κ1) is 10.2. The standard InChI is InChI=1S/C11H11N3O3/c15-8-5-14(17-7-8)11(16)9-6-13-4-2-1-3-10(13)12-9/h1-4,6,8,15H,5,7H2. The second-order valence-corrected chi connectivity index (χ2v) is 3.91. The van der Waals surface area contributed by atoms with Crippen LogP contribution in [-0.4, -0.2) is 44.7 Å². The fourth-order valence-corrected chi connectivity index (χ4v) is 1.78. The molecule has 0 aromatic carbocycles. The van der Waals surface area contributed by atoms with Gasteiger partial charge in [-0.05, 0) is 12.1 Å². The molecule has 1 saturated heterocycles. The fourth-order valence-electron chi connectivity index (χ4n) is 1.78. The summed E-state index contributed by atoms with van der Waals surface area (Å²) in [7, 11) is 0. The number of β-amino-alcohol motifs (C(OH)–C–C–N with tert-alkyl or cyclic N) is 1. The molecule has 88 valence electrons. The van der Waals surface area contributed by atoms with Crippen LogP contribution in [0.2, 0.25) is 0 Å². The highest BCUT2D eigenvalue weighted by atomic mass is 16.7. The third-order valence-corrected chi connectivity index (χ3v) is 2.61.